The highest BCUT2D eigenvalue weighted by atomic mass is 31.2. The molecular formula is C20H17N2O2P. The molecule has 0 N–H and O–H groups in total. The van der Waals surface area contributed by atoms with Gasteiger partial charge in [0, 0.05) is 41.2 Å². The van der Waals surface area contributed by atoms with Crippen molar-refractivity contribution in [3.05, 3.63) is 90.3 Å². The van der Waals surface area contributed by atoms with Gasteiger partial charge < -0.3 is 9.46 Å². The van der Waals surface area contributed by atoms with Gasteiger partial charge in [-0.15, -0.1) is 0 Å². The summed E-state index contributed by atoms with van der Waals surface area (Å²) in [6.45, 7) is 0. The average Bonchev–Trinajstić information content (AvgIpc) is 2.94. The van der Waals surface area contributed by atoms with Gasteiger partial charge >= 0.3 is 0 Å². The summed E-state index contributed by atoms with van der Waals surface area (Å²) in [5.41, 5.74) is 1.31. The number of aromatic nitrogens is 1. The average molecular weight is 348 g/mol. The van der Waals surface area contributed by atoms with Crippen LogP contribution in [0.3, 0.4) is 0 Å². The van der Waals surface area contributed by atoms with Crippen molar-refractivity contribution in [2.45, 2.75) is 5.78 Å². The van der Waals surface area contributed by atoms with Crippen LogP contribution in [0.5, 0.6) is 0 Å². The van der Waals surface area contributed by atoms with E-state index in [0.717, 1.165) is 16.2 Å². The number of carbonyl (C=O) groups is 1. The molecule has 25 heavy (non-hydrogen) atoms. The third-order valence-corrected chi connectivity index (χ3v) is 8.12. The highest BCUT2D eigenvalue weighted by Gasteiger charge is 2.47. The summed E-state index contributed by atoms with van der Waals surface area (Å²) in [4.78, 5) is 18.5. The van der Waals surface area contributed by atoms with E-state index in [9.17, 15) is 9.36 Å². The topological polar surface area (TPSA) is 50.3 Å². The Morgan fingerprint density at radius 1 is 0.920 bits per heavy atom. The first-order valence-corrected chi connectivity index (χ1v) is 9.83. The van der Waals surface area contributed by atoms with Crippen molar-refractivity contribution in [3.63, 3.8) is 0 Å². The van der Waals surface area contributed by atoms with Gasteiger partial charge in [-0.1, -0.05) is 60.7 Å². The number of fused-ring (bicyclic) bond motifs is 1. The van der Waals surface area contributed by atoms with Gasteiger partial charge in [-0.2, -0.15) is 0 Å². The largest absolute Gasteiger partial charge is 0.327 e. The third kappa shape index (κ3) is 2.33. The fourth-order valence-corrected chi connectivity index (χ4v) is 6.77. The number of hydrogen-bond acceptors (Lipinski definition) is 3. The van der Waals surface area contributed by atoms with Crippen LogP contribution in [0.1, 0.15) is 21.7 Å². The summed E-state index contributed by atoms with van der Waals surface area (Å²) >= 11 is 0. The number of amides is 1. The molecule has 0 aliphatic carbocycles. The lowest BCUT2D eigenvalue weighted by atomic mass is 10.2. The van der Waals surface area contributed by atoms with Crippen molar-refractivity contribution in [3.8, 4) is 0 Å². The van der Waals surface area contributed by atoms with E-state index < -0.39 is 12.9 Å². The lowest BCUT2D eigenvalue weighted by molar-refractivity contribution is 0.0808. The van der Waals surface area contributed by atoms with Gasteiger partial charge in [-0.25, -0.2) is 0 Å². The Morgan fingerprint density at radius 2 is 1.48 bits per heavy atom. The second kappa shape index (κ2) is 5.98. The Balaban J connectivity index is 2.01. The predicted molar refractivity (Wildman–Crippen MR) is 98.8 cm³/mol. The molecule has 1 aliphatic rings. The maximum Gasteiger partial charge on any atom is 0.255 e. The van der Waals surface area contributed by atoms with E-state index in [1.165, 1.54) is 0 Å². The Hall–Kier alpha value is -2.71. The van der Waals surface area contributed by atoms with Gasteiger partial charge in [0.25, 0.3) is 5.91 Å². The summed E-state index contributed by atoms with van der Waals surface area (Å²) in [7, 11) is -1.42. The zero-order chi connectivity index (χ0) is 17.4. The normalized spacial score (nSPS) is 16.8. The lowest BCUT2D eigenvalue weighted by Gasteiger charge is -2.30. The summed E-state index contributed by atoms with van der Waals surface area (Å²) in [5, 5.41) is 1.48. The molecule has 1 aromatic heterocycles. The SMILES string of the molecule is CN1C(=O)c2ccncc2C1P(=O)(c1ccccc1)c1ccccc1. The molecule has 0 radical (unpaired) electrons. The van der Waals surface area contributed by atoms with Gasteiger partial charge in [-0.05, 0) is 6.07 Å². The molecule has 1 amide bonds. The molecule has 0 fully saturated rings. The van der Waals surface area contributed by atoms with Crippen LogP contribution in [0.25, 0.3) is 0 Å². The van der Waals surface area contributed by atoms with Crippen LogP contribution in [0.4, 0.5) is 0 Å². The number of benzene rings is 2. The van der Waals surface area contributed by atoms with Crippen LogP contribution < -0.4 is 10.6 Å². The Labute approximate surface area is 146 Å². The van der Waals surface area contributed by atoms with E-state index in [2.05, 4.69) is 4.98 Å². The first-order valence-electron chi connectivity index (χ1n) is 8.06. The highest BCUT2D eigenvalue weighted by molar-refractivity contribution is 7.79. The molecule has 0 spiro atoms. The zero-order valence-electron chi connectivity index (χ0n) is 13.7. The molecule has 0 bridgehead atoms. The van der Waals surface area contributed by atoms with E-state index in [1.807, 2.05) is 60.7 Å². The quantitative estimate of drug-likeness (QED) is 0.683. The third-order valence-electron chi connectivity index (χ3n) is 4.67. The molecule has 124 valence electrons. The van der Waals surface area contributed by atoms with Crippen molar-refractivity contribution >= 4 is 23.7 Å². The van der Waals surface area contributed by atoms with Crippen molar-refractivity contribution in [1.82, 2.24) is 9.88 Å². The second-order valence-electron chi connectivity index (χ2n) is 6.08. The molecule has 4 rings (SSSR count). The molecule has 5 heteroatoms. The molecule has 4 nitrogen and oxygen atoms in total. The Kier molecular flexibility index (Phi) is 3.78. The number of pyridine rings is 1. The van der Waals surface area contributed by atoms with Crippen LogP contribution in [-0.4, -0.2) is 22.8 Å². The summed E-state index contributed by atoms with van der Waals surface area (Å²) < 4.78 is 14.5. The minimum Gasteiger partial charge on any atom is -0.327 e. The minimum atomic E-state index is -3.13. The van der Waals surface area contributed by atoms with Crippen LogP contribution >= 0.6 is 7.14 Å². The van der Waals surface area contributed by atoms with Crippen LogP contribution in [-0.2, 0) is 4.57 Å². The van der Waals surface area contributed by atoms with E-state index in [0.29, 0.717) is 5.56 Å². The van der Waals surface area contributed by atoms with Crippen molar-refractivity contribution in [1.29, 1.82) is 0 Å². The summed E-state index contributed by atoms with van der Waals surface area (Å²) in [6.07, 6.45) is 3.27. The van der Waals surface area contributed by atoms with Crippen molar-refractivity contribution in [2.75, 3.05) is 7.05 Å². The first-order chi connectivity index (χ1) is 12.1. The smallest absolute Gasteiger partial charge is 0.255 e. The van der Waals surface area contributed by atoms with Crippen molar-refractivity contribution < 1.29 is 9.36 Å². The zero-order valence-corrected chi connectivity index (χ0v) is 14.6. The van der Waals surface area contributed by atoms with Gasteiger partial charge in [0.1, 0.15) is 5.78 Å². The lowest BCUT2D eigenvalue weighted by Crippen LogP contribution is -2.30. The maximum atomic E-state index is 14.5. The molecule has 1 atom stereocenters. The molecule has 2 aromatic carbocycles. The van der Waals surface area contributed by atoms with Gasteiger partial charge in [0.2, 0.25) is 0 Å². The summed E-state index contributed by atoms with van der Waals surface area (Å²) in [6, 6.07) is 20.5. The predicted octanol–water partition coefficient (Wildman–Crippen LogP) is 3.18. The Morgan fingerprint density at radius 3 is 2.04 bits per heavy atom. The van der Waals surface area contributed by atoms with Gasteiger partial charge in [0.05, 0.1) is 0 Å². The number of nitrogens with zero attached hydrogens (tertiary/aromatic N) is 2. The van der Waals surface area contributed by atoms with Crippen LogP contribution in [0, 0.1) is 0 Å². The molecule has 1 unspecified atom stereocenters. The monoisotopic (exact) mass is 348 g/mol. The Bertz CT molecular complexity index is 930. The number of carbonyl (C=O) groups excluding carboxylic acids is 1. The van der Waals surface area contributed by atoms with Crippen molar-refractivity contribution in [2.24, 2.45) is 0 Å². The molecule has 2 heterocycles. The van der Waals surface area contributed by atoms with Crippen LogP contribution in [0.15, 0.2) is 79.1 Å². The molecule has 0 saturated heterocycles. The number of rotatable bonds is 3. The van der Waals surface area contributed by atoms with E-state index in [4.69, 9.17) is 0 Å². The highest BCUT2D eigenvalue weighted by Crippen LogP contribution is 2.61. The minimum absolute atomic E-state index is 0.116. The number of hydrogen-bond donors (Lipinski definition) is 0. The molecular weight excluding hydrogens is 331 g/mol. The molecule has 1 aliphatic heterocycles. The van der Waals surface area contributed by atoms with E-state index in [1.54, 1.807) is 30.4 Å². The first kappa shape index (κ1) is 15.8. The van der Waals surface area contributed by atoms with Gasteiger partial charge in [-0.3, -0.25) is 9.78 Å². The van der Waals surface area contributed by atoms with Crippen LogP contribution in [0.2, 0.25) is 0 Å². The van der Waals surface area contributed by atoms with E-state index >= 15 is 0 Å². The second-order valence-corrected chi connectivity index (χ2v) is 8.92. The molecule has 3 aromatic rings. The van der Waals surface area contributed by atoms with Gasteiger partial charge in [0.15, 0.2) is 7.14 Å². The maximum absolute atomic E-state index is 14.5. The fourth-order valence-electron chi connectivity index (χ4n) is 3.49. The molecule has 0 saturated carbocycles. The standard InChI is InChI=1S/C20H17N2O2P/c1-22-19(23)17-12-13-21-14-18(17)20(22)25(24,15-8-4-2-5-9-15)16-10-6-3-7-11-16/h2-14,20H,1H3. The summed E-state index contributed by atoms with van der Waals surface area (Å²) in [5.74, 6) is -0.664. The van der Waals surface area contributed by atoms with E-state index in [-0.39, 0.29) is 5.91 Å². The fraction of sp³-hybridized carbons (Fsp3) is 0.100.